The van der Waals surface area contributed by atoms with E-state index in [-0.39, 0.29) is 5.54 Å². The number of nitrogens with one attached hydrogen (secondary N) is 1. The normalized spacial score (nSPS) is 11.8. The van der Waals surface area contributed by atoms with Crippen molar-refractivity contribution in [2.45, 2.75) is 46.7 Å². The van der Waals surface area contributed by atoms with Gasteiger partial charge >= 0.3 is 0 Å². The molecule has 102 valence electrons. The molecule has 0 aliphatic carbocycles. The van der Waals surface area contributed by atoms with Crippen LogP contribution in [-0.4, -0.2) is 15.3 Å². The highest BCUT2D eigenvalue weighted by Crippen LogP contribution is 2.16. The lowest BCUT2D eigenvalue weighted by atomic mass is 10.1. The van der Waals surface area contributed by atoms with Crippen LogP contribution in [-0.2, 0) is 6.54 Å². The van der Waals surface area contributed by atoms with Gasteiger partial charge in [0.2, 0.25) is 0 Å². The molecule has 0 fully saturated rings. The predicted molar refractivity (Wildman–Crippen MR) is 79.6 cm³/mol. The van der Waals surface area contributed by atoms with Gasteiger partial charge in [0.25, 0.3) is 0 Å². The molecule has 0 atom stereocenters. The SMILES string of the molecule is Cc1cnn(-c2ccc(CNC(C)(C)C)cc2C)c1. The molecule has 2 rings (SSSR count). The molecule has 0 amide bonds. The van der Waals surface area contributed by atoms with Crippen molar-refractivity contribution in [1.82, 2.24) is 15.1 Å². The van der Waals surface area contributed by atoms with Crippen molar-refractivity contribution in [2.24, 2.45) is 0 Å². The minimum absolute atomic E-state index is 0.145. The van der Waals surface area contributed by atoms with Crippen molar-refractivity contribution >= 4 is 0 Å². The maximum atomic E-state index is 4.36. The first-order chi connectivity index (χ1) is 8.85. The van der Waals surface area contributed by atoms with Gasteiger partial charge in [-0.25, -0.2) is 4.68 Å². The van der Waals surface area contributed by atoms with Crippen LogP contribution in [0, 0.1) is 13.8 Å². The zero-order valence-electron chi connectivity index (χ0n) is 12.5. The van der Waals surface area contributed by atoms with Gasteiger partial charge in [-0.2, -0.15) is 5.10 Å². The quantitative estimate of drug-likeness (QED) is 0.913. The molecule has 1 N–H and O–H groups in total. The number of aromatic nitrogens is 2. The lowest BCUT2D eigenvalue weighted by Gasteiger charge is -2.21. The van der Waals surface area contributed by atoms with Gasteiger partial charge in [0.05, 0.1) is 11.9 Å². The van der Waals surface area contributed by atoms with Gasteiger partial charge in [0.15, 0.2) is 0 Å². The molecule has 0 spiro atoms. The Hall–Kier alpha value is -1.61. The van der Waals surface area contributed by atoms with Crippen LogP contribution in [0.5, 0.6) is 0 Å². The molecule has 1 aromatic heterocycles. The zero-order chi connectivity index (χ0) is 14.0. The lowest BCUT2D eigenvalue weighted by Crippen LogP contribution is -2.35. The minimum Gasteiger partial charge on any atom is -0.308 e. The smallest absolute Gasteiger partial charge is 0.0675 e. The molecule has 0 unspecified atom stereocenters. The first kappa shape index (κ1) is 13.8. The number of rotatable bonds is 3. The van der Waals surface area contributed by atoms with Crippen molar-refractivity contribution in [1.29, 1.82) is 0 Å². The van der Waals surface area contributed by atoms with Crippen molar-refractivity contribution in [3.63, 3.8) is 0 Å². The van der Waals surface area contributed by atoms with E-state index in [2.05, 4.69) is 69.4 Å². The van der Waals surface area contributed by atoms with Crippen LogP contribution in [0.15, 0.2) is 30.6 Å². The summed E-state index contributed by atoms with van der Waals surface area (Å²) in [7, 11) is 0. The van der Waals surface area contributed by atoms with Crippen LogP contribution < -0.4 is 5.32 Å². The third-order valence-corrected chi connectivity index (χ3v) is 3.04. The Morgan fingerprint density at radius 3 is 2.47 bits per heavy atom. The third-order valence-electron chi connectivity index (χ3n) is 3.04. The Bertz CT molecular complexity index is 562. The van der Waals surface area contributed by atoms with Crippen LogP contribution in [0.3, 0.4) is 0 Å². The maximum absolute atomic E-state index is 4.36. The molecular formula is C16H23N3. The summed E-state index contributed by atoms with van der Waals surface area (Å²) in [6, 6.07) is 6.53. The molecule has 0 aliphatic heterocycles. The first-order valence-electron chi connectivity index (χ1n) is 6.71. The monoisotopic (exact) mass is 257 g/mol. The van der Waals surface area contributed by atoms with E-state index in [0.29, 0.717) is 0 Å². The highest BCUT2D eigenvalue weighted by Gasteiger charge is 2.09. The summed E-state index contributed by atoms with van der Waals surface area (Å²) in [5, 5.41) is 7.87. The average molecular weight is 257 g/mol. The van der Waals surface area contributed by atoms with E-state index in [1.807, 2.05) is 10.9 Å². The summed E-state index contributed by atoms with van der Waals surface area (Å²) in [6.07, 6.45) is 3.93. The molecule has 0 bridgehead atoms. The lowest BCUT2D eigenvalue weighted by molar-refractivity contribution is 0.424. The fraction of sp³-hybridized carbons (Fsp3) is 0.438. The van der Waals surface area contributed by atoms with Crippen LogP contribution in [0.2, 0.25) is 0 Å². The Morgan fingerprint density at radius 2 is 1.95 bits per heavy atom. The molecule has 3 heteroatoms. The highest BCUT2D eigenvalue weighted by molar-refractivity contribution is 5.42. The van der Waals surface area contributed by atoms with E-state index >= 15 is 0 Å². The molecule has 19 heavy (non-hydrogen) atoms. The van der Waals surface area contributed by atoms with Crippen LogP contribution in [0.25, 0.3) is 5.69 Å². The Labute approximate surface area is 115 Å². The topological polar surface area (TPSA) is 29.9 Å². The van der Waals surface area contributed by atoms with Crippen LogP contribution in [0.1, 0.15) is 37.5 Å². The van der Waals surface area contributed by atoms with E-state index in [1.165, 1.54) is 16.7 Å². The second-order valence-corrected chi connectivity index (χ2v) is 6.19. The van der Waals surface area contributed by atoms with E-state index in [4.69, 9.17) is 0 Å². The molecule has 0 saturated carbocycles. The van der Waals surface area contributed by atoms with Gasteiger partial charge < -0.3 is 5.32 Å². The molecule has 1 aromatic carbocycles. The molecule has 0 saturated heterocycles. The van der Waals surface area contributed by atoms with Gasteiger partial charge in [-0.3, -0.25) is 0 Å². The Kier molecular flexibility index (Phi) is 3.76. The molecule has 1 heterocycles. The fourth-order valence-electron chi connectivity index (χ4n) is 2.00. The van der Waals surface area contributed by atoms with Gasteiger partial charge in [-0.1, -0.05) is 12.1 Å². The average Bonchev–Trinajstić information content (AvgIpc) is 2.72. The van der Waals surface area contributed by atoms with E-state index < -0.39 is 0 Å². The van der Waals surface area contributed by atoms with Crippen molar-refractivity contribution < 1.29 is 0 Å². The summed E-state index contributed by atoms with van der Waals surface area (Å²) < 4.78 is 1.94. The molecule has 3 nitrogen and oxygen atoms in total. The van der Waals surface area contributed by atoms with E-state index in [0.717, 1.165) is 12.2 Å². The van der Waals surface area contributed by atoms with Crippen molar-refractivity contribution in [3.05, 3.63) is 47.3 Å². The largest absolute Gasteiger partial charge is 0.308 e. The zero-order valence-corrected chi connectivity index (χ0v) is 12.5. The van der Waals surface area contributed by atoms with E-state index in [1.54, 1.807) is 0 Å². The summed E-state index contributed by atoms with van der Waals surface area (Å²) in [5.74, 6) is 0. The molecule has 0 aliphatic rings. The second kappa shape index (κ2) is 5.17. The number of benzene rings is 1. The highest BCUT2D eigenvalue weighted by atomic mass is 15.3. The Balaban J connectivity index is 2.18. The number of hydrogen-bond donors (Lipinski definition) is 1. The summed E-state index contributed by atoms with van der Waals surface area (Å²) in [4.78, 5) is 0. The second-order valence-electron chi connectivity index (χ2n) is 6.19. The summed E-state index contributed by atoms with van der Waals surface area (Å²) in [5.41, 5.74) is 5.02. The summed E-state index contributed by atoms with van der Waals surface area (Å²) >= 11 is 0. The van der Waals surface area contributed by atoms with Crippen LogP contribution >= 0.6 is 0 Å². The first-order valence-corrected chi connectivity index (χ1v) is 6.71. The standard InChI is InChI=1S/C16H23N3/c1-12-9-18-19(11-12)15-7-6-14(8-13(15)2)10-17-16(3,4)5/h6-9,11,17H,10H2,1-5H3. The maximum Gasteiger partial charge on any atom is 0.0675 e. The van der Waals surface area contributed by atoms with Crippen molar-refractivity contribution in [3.8, 4) is 5.69 Å². The van der Waals surface area contributed by atoms with Gasteiger partial charge in [0.1, 0.15) is 0 Å². The van der Waals surface area contributed by atoms with Gasteiger partial charge in [-0.15, -0.1) is 0 Å². The molecule has 0 radical (unpaired) electrons. The van der Waals surface area contributed by atoms with Crippen LogP contribution in [0.4, 0.5) is 0 Å². The molecule has 2 aromatic rings. The molecular weight excluding hydrogens is 234 g/mol. The number of nitrogens with zero attached hydrogens (tertiary/aromatic N) is 2. The van der Waals surface area contributed by atoms with Gasteiger partial charge in [0, 0.05) is 18.3 Å². The summed E-state index contributed by atoms with van der Waals surface area (Å²) in [6.45, 7) is 11.6. The fourth-order valence-corrected chi connectivity index (χ4v) is 2.00. The van der Waals surface area contributed by atoms with E-state index in [9.17, 15) is 0 Å². The third kappa shape index (κ3) is 3.67. The predicted octanol–water partition coefficient (Wildman–Crippen LogP) is 3.38. The number of hydrogen-bond acceptors (Lipinski definition) is 2. The van der Waals surface area contributed by atoms with Crippen molar-refractivity contribution in [2.75, 3.05) is 0 Å². The minimum atomic E-state index is 0.145. The van der Waals surface area contributed by atoms with Gasteiger partial charge in [-0.05, 0) is 57.4 Å². The number of aryl methyl sites for hydroxylation is 2. The Morgan fingerprint density at radius 1 is 1.21 bits per heavy atom.